The number of hydrogen-bond acceptors (Lipinski definition) is 4. The zero-order valence-electron chi connectivity index (χ0n) is 10.8. The van der Waals surface area contributed by atoms with Crippen LogP contribution in [0.2, 0.25) is 5.02 Å². The fourth-order valence-corrected chi connectivity index (χ4v) is 1.83. The zero-order chi connectivity index (χ0) is 14.9. The first-order valence-corrected chi connectivity index (χ1v) is 6.04. The quantitative estimate of drug-likeness (QED) is 0.824. The monoisotopic (exact) mass is 297 g/mol. The molecule has 1 amide bonds. The van der Waals surface area contributed by atoms with E-state index in [0.29, 0.717) is 5.82 Å². The predicted molar refractivity (Wildman–Crippen MR) is 72.9 cm³/mol. The second-order valence-corrected chi connectivity index (χ2v) is 4.61. The van der Waals surface area contributed by atoms with Crippen LogP contribution in [-0.2, 0) is 18.4 Å². The first-order chi connectivity index (χ1) is 9.36. The molecule has 2 aromatic rings. The van der Waals surface area contributed by atoms with Crippen molar-refractivity contribution in [3.8, 4) is 0 Å². The summed E-state index contributed by atoms with van der Waals surface area (Å²) in [5, 5.41) is 6.53. The van der Waals surface area contributed by atoms with Gasteiger partial charge in [0.15, 0.2) is 0 Å². The van der Waals surface area contributed by atoms with E-state index in [1.54, 1.807) is 20.0 Å². The summed E-state index contributed by atoms with van der Waals surface area (Å²) in [6.07, 6.45) is 1.12. The average Bonchev–Trinajstić information content (AvgIpc) is 2.64. The number of aryl methyl sites for hydroxylation is 2. The Bertz CT molecular complexity index is 773. The molecular weight excluding hydrogens is 286 g/mol. The third kappa shape index (κ3) is 2.97. The van der Waals surface area contributed by atoms with Crippen LogP contribution >= 0.6 is 11.6 Å². The van der Waals surface area contributed by atoms with E-state index in [9.17, 15) is 14.4 Å². The molecule has 0 bridgehead atoms. The lowest BCUT2D eigenvalue weighted by Gasteiger charge is -2.07. The van der Waals surface area contributed by atoms with Gasteiger partial charge in [0.2, 0.25) is 5.91 Å². The molecule has 2 N–H and O–H groups in total. The number of H-pyrrole nitrogens is 1. The smallest absolute Gasteiger partial charge is 0.309 e. The van der Waals surface area contributed by atoms with Crippen molar-refractivity contribution in [3.05, 3.63) is 43.8 Å². The van der Waals surface area contributed by atoms with Crippen LogP contribution in [-0.4, -0.2) is 25.2 Å². The molecule has 0 fully saturated rings. The third-order valence-electron chi connectivity index (χ3n) is 2.55. The Balaban J connectivity index is 2.16. The summed E-state index contributed by atoms with van der Waals surface area (Å²) >= 11 is 5.61. The van der Waals surface area contributed by atoms with Crippen molar-refractivity contribution >= 4 is 23.3 Å². The Hall–Kier alpha value is -2.35. The maximum absolute atomic E-state index is 11.8. The number of carbonyl (C=O) groups excluding carboxylic acids is 1. The number of rotatable bonds is 3. The van der Waals surface area contributed by atoms with E-state index >= 15 is 0 Å². The molecular formula is C11H12ClN5O3. The molecule has 0 saturated heterocycles. The summed E-state index contributed by atoms with van der Waals surface area (Å²) in [7, 11) is 1.69. The summed E-state index contributed by atoms with van der Waals surface area (Å²) in [5.74, 6) is 0.0780. The second kappa shape index (κ2) is 5.33. The summed E-state index contributed by atoms with van der Waals surface area (Å²) in [6.45, 7) is 1.53. The minimum absolute atomic E-state index is 0.159. The van der Waals surface area contributed by atoms with Gasteiger partial charge in [0.05, 0.1) is 5.69 Å². The first kappa shape index (κ1) is 14.1. The van der Waals surface area contributed by atoms with Crippen molar-refractivity contribution in [3.63, 3.8) is 0 Å². The lowest BCUT2D eigenvalue weighted by Crippen LogP contribution is -2.33. The van der Waals surface area contributed by atoms with Crippen LogP contribution in [0.3, 0.4) is 0 Å². The number of amides is 1. The van der Waals surface area contributed by atoms with E-state index < -0.39 is 17.2 Å². The van der Waals surface area contributed by atoms with Crippen LogP contribution in [0.4, 0.5) is 5.82 Å². The molecule has 0 aromatic carbocycles. The molecule has 0 spiro atoms. The molecule has 2 rings (SSSR count). The van der Waals surface area contributed by atoms with Gasteiger partial charge in [-0.25, -0.2) is 4.79 Å². The summed E-state index contributed by atoms with van der Waals surface area (Å²) in [5.41, 5.74) is -0.627. The van der Waals surface area contributed by atoms with Gasteiger partial charge in [-0.3, -0.25) is 23.8 Å². The lowest BCUT2D eigenvalue weighted by atomic mass is 10.4. The van der Waals surface area contributed by atoms with Crippen LogP contribution in [0.5, 0.6) is 0 Å². The van der Waals surface area contributed by atoms with Gasteiger partial charge in [-0.05, 0) is 6.92 Å². The normalized spacial score (nSPS) is 10.6. The van der Waals surface area contributed by atoms with Gasteiger partial charge in [0.25, 0.3) is 5.56 Å². The Morgan fingerprint density at radius 3 is 2.80 bits per heavy atom. The highest BCUT2D eigenvalue weighted by molar-refractivity contribution is 6.30. The highest BCUT2D eigenvalue weighted by Crippen LogP contribution is 2.07. The third-order valence-corrected chi connectivity index (χ3v) is 2.82. The summed E-state index contributed by atoms with van der Waals surface area (Å²) in [4.78, 5) is 36.5. The first-order valence-electron chi connectivity index (χ1n) is 5.66. The van der Waals surface area contributed by atoms with Gasteiger partial charge in [-0.2, -0.15) is 5.10 Å². The molecule has 0 aliphatic carbocycles. The number of nitrogens with zero attached hydrogens (tertiary/aromatic N) is 3. The predicted octanol–water partition coefficient (Wildman–Crippen LogP) is -0.129. The molecule has 2 aromatic heterocycles. The Morgan fingerprint density at radius 2 is 2.20 bits per heavy atom. The number of anilines is 1. The zero-order valence-corrected chi connectivity index (χ0v) is 11.6. The fourth-order valence-electron chi connectivity index (χ4n) is 1.66. The average molecular weight is 298 g/mol. The van der Waals surface area contributed by atoms with Crippen molar-refractivity contribution in [2.24, 2.45) is 7.05 Å². The van der Waals surface area contributed by atoms with Crippen molar-refractivity contribution in [1.29, 1.82) is 0 Å². The number of nitrogens with one attached hydrogen (secondary N) is 2. The van der Waals surface area contributed by atoms with Gasteiger partial charge in [-0.1, -0.05) is 11.6 Å². The van der Waals surface area contributed by atoms with Crippen molar-refractivity contribution < 1.29 is 4.79 Å². The van der Waals surface area contributed by atoms with E-state index in [-0.39, 0.29) is 11.6 Å². The number of halogens is 1. The molecule has 0 saturated carbocycles. The van der Waals surface area contributed by atoms with Gasteiger partial charge < -0.3 is 5.32 Å². The highest BCUT2D eigenvalue weighted by Gasteiger charge is 2.10. The van der Waals surface area contributed by atoms with E-state index in [0.717, 1.165) is 16.5 Å². The number of aromatic amines is 1. The summed E-state index contributed by atoms with van der Waals surface area (Å²) < 4.78 is 2.53. The molecule has 0 unspecified atom stereocenters. The van der Waals surface area contributed by atoms with E-state index in [2.05, 4.69) is 10.4 Å². The fraction of sp³-hybridized carbons (Fsp3) is 0.273. The highest BCUT2D eigenvalue weighted by atomic mass is 35.5. The van der Waals surface area contributed by atoms with Gasteiger partial charge >= 0.3 is 5.69 Å². The maximum Gasteiger partial charge on any atom is 0.328 e. The topological polar surface area (TPSA) is 102 Å². The largest absolute Gasteiger partial charge is 0.328 e. The molecule has 106 valence electrons. The van der Waals surface area contributed by atoms with E-state index in [4.69, 9.17) is 11.6 Å². The molecule has 0 aliphatic rings. The molecule has 8 nitrogen and oxygen atoms in total. The number of hydrogen-bond donors (Lipinski definition) is 2. The van der Waals surface area contributed by atoms with E-state index in [1.807, 2.05) is 4.98 Å². The molecule has 0 aliphatic heterocycles. The standard InChI is InChI=1S/C11H12ClN5O3/c1-6-3-8(16(2)15-6)13-9(18)5-17-4-7(12)10(19)14-11(17)20/h3-4H,5H2,1-2H3,(H,13,18)(H,14,19,20). The van der Waals surface area contributed by atoms with Crippen LogP contribution in [0.15, 0.2) is 21.9 Å². The molecule has 0 atom stereocenters. The van der Waals surface area contributed by atoms with Crippen molar-refractivity contribution in [2.45, 2.75) is 13.5 Å². The molecule has 2 heterocycles. The Morgan fingerprint density at radius 1 is 1.50 bits per heavy atom. The SMILES string of the molecule is Cc1cc(NC(=O)Cn2cc(Cl)c(=O)[nH]c2=O)n(C)n1. The van der Waals surface area contributed by atoms with Gasteiger partial charge in [0, 0.05) is 19.3 Å². The van der Waals surface area contributed by atoms with Crippen LogP contribution in [0.25, 0.3) is 0 Å². The van der Waals surface area contributed by atoms with Gasteiger partial charge in [0.1, 0.15) is 17.4 Å². The van der Waals surface area contributed by atoms with E-state index in [1.165, 1.54) is 4.68 Å². The molecule has 9 heteroatoms. The van der Waals surface area contributed by atoms with Gasteiger partial charge in [-0.15, -0.1) is 0 Å². The Kier molecular flexibility index (Phi) is 3.75. The molecule has 0 radical (unpaired) electrons. The van der Waals surface area contributed by atoms with Crippen molar-refractivity contribution in [1.82, 2.24) is 19.3 Å². The maximum atomic E-state index is 11.8. The van der Waals surface area contributed by atoms with Crippen LogP contribution < -0.4 is 16.6 Å². The minimum atomic E-state index is -0.698. The van der Waals surface area contributed by atoms with Crippen molar-refractivity contribution in [2.75, 3.05) is 5.32 Å². The Labute approximate surface area is 118 Å². The number of aromatic nitrogens is 4. The van der Waals surface area contributed by atoms with Crippen LogP contribution in [0, 0.1) is 6.92 Å². The number of carbonyl (C=O) groups is 1. The molecule has 20 heavy (non-hydrogen) atoms. The second-order valence-electron chi connectivity index (χ2n) is 4.21. The lowest BCUT2D eigenvalue weighted by molar-refractivity contribution is -0.116. The summed E-state index contributed by atoms with van der Waals surface area (Å²) in [6, 6.07) is 1.69. The minimum Gasteiger partial charge on any atom is -0.309 e. The van der Waals surface area contributed by atoms with Crippen LogP contribution in [0.1, 0.15) is 5.69 Å².